The Labute approximate surface area is 170 Å². The average molecular weight is 418 g/mol. The topological polar surface area (TPSA) is 88.8 Å². The van der Waals surface area contributed by atoms with Crippen LogP contribution in [0, 0.1) is 0 Å². The van der Waals surface area contributed by atoms with Crippen LogP contribution in [0.2, 0.25) is 0 Å². The van der Waals surface area contributed by atoms with E-state index in [1.165, 1.54) is 9.47 Å². The maximum Gasteiger partial charge on any atom is 0.341 e. The molecule has 30 heavy (non-hydrogen) atoms. The molecule has 2 aromatic rings. The molecular weight excluding hydrogens is 398 g/mol. The fourth-order valence-electron chi connectivity index (χ4n) is 4.33. The highest BCUT2D eigenvalue weighted by molar-refractivity contribution is 5.98. The monoisotopic (exact) mass is 418 g/mol. The number of pyridine rings is 1. The van der Waals surface area contributed by atoms with Crippen LogP contribution in [-0.4, -0.2) is 45.0 Å². The van der Waals surface area contributed by atoms with Gasteiger partial charge in [-0.05, 0) is 12.5 Å². The van der Waals surface area contributed by atoms with E-state index in [4.69, 9.17) is 4.74 Å². The molecule has 1 aliphatic heterocycles. The minimum absolute atomic E-state index is 0.0736. The molecule has 2 aliphatic rings. The highest BCUT2D eigenvalue weighted by atomic mass is 19.3. The Morgan fingerprint density at radius 3 is 2.50 bits per heavy atom. The number of carboxylic acids is 1. The normalized spacial score (nSPS) is 21.8. The molecule has 1 aliphatic carbocycles. The van der Waals surface area contributed by atoms with Crippen molar-refractivity contribution in [3.8, 4) is 5.75 Å². The molecule has 1 aromatic carbocycles. The summed E-state index contributed by atoms with van der Waals surface area (Å²) in [7, 11) is 0. The smallest absolute Gasteiger partial charge is 0.341 e. The van der Waals surface area contributed by atoms with Crippen molar-refractivity contribution in [2.24, 2.45) is 0 Å². The van der Waals surface area contributed by atoms with Crippen LogP contribution in [-0.2, 0) is 6.61 Å². The highest BCUT2D eigenvalue weighted by Gasteiger charge is 2.54. The van der Waals surface area contributed by atoms with Gasteiger partial charge in [0.05, 0.1) is 12.1 Å². The lowest BCUT2D eigenvalue weighted by Gasteiger charge is -2.39. The molecule has 7 nitrogen and oxygen atoms in total. The van der Waals surface area contributed by atoms with Crippen molar-refractivity contribution in [1.82, 2.24) is 9.47 Å². The van der Waals surface area contributed by atoms with Crippen molar-refractivity contribution >= 4 is 11.9 Å². The molecule has 1 aromatic heterocycles. The Morgan fingerprint density at radius 2 is 1.87 bits per heavy atom. The van der Waals surface area contributed by atoms with Gasteiger partial charge in [0.15, 0.2) is 11.4 Å². The van der Waals surface area contributed by atoms with Crippen molar-refractivity contribution in [2.75, 3.05) is 6.54 Å². The van der Waals surface area contributed by atoms with E-state index in [0.717, 1.165) is 6.20 Å². The van der Waals surface area contributed by atoms with E-state index in [0.29, 0.717) is 5.56 Å². The molecular formula is C21H20F2N2O5. The Balaban J connectivity index is 1.88. The fourth-order valence-corrected chi connectivity index (χ4v) is 4.33. The summed E-state index contributed by atoms with van der Waals surface area (Å²) in [5, 5.41) is 9.47. The predicted octanol–water partition coefficient (Wildman–Crippen LogP) is 2.94. The van der Waals surface area contributed by atoms with Crippen LogP contribution in [0.1, 0.15) is 52.2 Å². The summed E-state index contributed by atoms with van der Waals surface area (Å²) in [5.74, 6) is -5.54. The number of carboxylic acid groups (broad SMARTS) is 1. The molecule has 0 radical (unpaired) electrons. The summed E-state index contributed by atoms with van der Waals surface area (Å²) in [6, 6.07) is 7.21. The lowest BCUT2D eigenvalue weighted by atomic mass is 10.0. The molecule has 158 valence electrons. The summed E-state index contributed by atoms with van der Waals surface area (Å²) >= 11 is 0. The van der Waals surface area contributed by atoms with Crippen LogP contribution in [0.5, 0.6) is 5.75 Å². The zero-order valence-electron chi connectivity index (χ0n) is 16.2. The first-order valence-electron chi connectivity index (χ1n) is 9.61. The summed E-state index contributed by atoms with van der Waals surface area (Å²) in [6.45, 7) is 1.79. The van der Waals surface area contributed by atoms with Gasteiger partial charge in [-0.2, -0.15) is 0 Å². The number of amides is 1. The van der Waals surface area contributed by atoms with Gasteiger partial charge < -0.3 is 19.3 Å². The Morgan fingerprint density at radius 1 is 1.20 bits per heavy atom. The number of aromatic nitrogens is 1. The number of likely N-dealkylation sites (N-methyl/N-ethyl adjacent to an activating group) is 1. The van der Waals surface area contributed by atoms with Gasteiger partial charge in [-0.25, -0.2) is 13.6 Å². The molecule has 4 rings (SSSR count). The number of hydrogen-bond donors (Lipinski definition) is 1. The molecule has 1 fully saturated rings. The van der Waals surface area contributed by atoms with Crippen molar-refractivity contribution < 1.29 is 28.2 Å². The third-order valence-corrected chi connectivity index (χ3v) is 5.67. The van der Waals surface area contributed by atoms with E-state index in [1.54, 1.807) is 37.3 Å². The number of alkyl halides is 2. The van der Waals surface area contributed by atoms with E-state index in [-0.39, 0.29) is 18.8 Å². The zero-order chi connectivity index (χ0) is 21.6. The number of carbonyl (C=O) groups excluding carboxylic acids is 1. The average Bonchev–Trinajstić information content (AvgIpc) is 3.02. The largest absolute Gasteiger partial charge is 0.483 e. The highest BCUT2D eigenvalue weighted by Crippen LogP contribution is 2.47. The van der Waals surface area contributed by atoms with Gasteiger partial charge in [0.25, 0.3) is 11.8 Å². The third kappa shape index (κ3) is 3.24. The fraction of sp³-hybridized carbons (Fsp3) is 0.381. The number of fused-ring (bicyclic) bond motifs is 3. The molecule has 1 amide bonds. The maximum atomic E-state index is 14.2. The summed E-state index contributed by atoms with van der Waals surface area (Å²) in [5.41, 5.74) is -1.04. The van der Waals surface area contributed by atoms with E-state index < -0.39 is 59.5 Å². The standard InChI is InChI=1S/C21H20F2N2O5/c1-2-24-14-8-21(22,23)9-15(14)25-10-13(20(28)29)17(26)18(16(25)19(24)27)30-11-12-6-4-3-5-7-12/h3-7,10,14-15H,2,8-9,11H2,1H3,(H,28,29). The number of aromatic carboxylic acids is 1. The van der Waals surface area contributed by atoms with Crippen molar-refractivity contribution in [3.05, 3.63) is 63.6 Å². The Kier molecular flexibility index (Phi) is 4.83. The predicted molar refractivity (Wildman–Crippen MR) is 102 cm³/mol. The second kappa shape index (κ2) is 7.23. The van der Waals surface area contributed by atoms with Gasteiger partial charge in [-0.1, -0.05) is 30.3 Å². The van der Waals surface area contributed by atoms with Gasteiger partial charge in [-0.15, -0.1) is 0 Å². The number of nitrogens with zero attached hydrogens (tertiary/aromatic N) is 2. The molecule has 2 heterocycles. The van der Waals surface area contributed by atoms with Gasteiger partial charge >= 0.3 is 5.97 Å². The molecule has 2 unspecified atom stereocenters. The minimum atomic E-state index is -3.00. The summed E-state index contributed by atoms with van der Waals surface area (Å²) < 4.78 is 35.3. The quantitative estimate of drug-likeness (QED) is 0.807. The molecule has 0 bridgehead atoms. The van der Waals surface area contributed by atoms with Gasteiger partial charge in [0.2, 0.25) is 5.43 Å². The van der Waals surface area contributed by atoms with Gasteiger partial charge in [0.1, 0.15) is 12.2 Å². The van der Waals surface area contributed by atoms with Crippen LogP contribution >= 0.6 is 0 Å². The molecule has 9 heteroatoms. The van der Waals surface area contributed by atoms with Crippen LogP contribution in [0.15, 0.2) is 41.3 Å². The van der Waals surface area contributed by atoms with Gasteiger partial charge in [0, 0.05) is 25.6 Å². The van der Waals surface area contributed by atoms with Crippen LogP contribution in [0.25, 0.3) is 0 Å². The van der Waals surface area contributed by atoms with Crippen LogP contribution in [0.3, 0.4) is 0 Å². The van der Waals surface area contributed by atoms with E-state index in [9.17, 15) is 28.3 Å². The van der Waals surface area contributed by atoms with E-state index in [1.807, 2.05) is 0 Å². The zero-order valence-corrected chi connectivity index (χ0v) is 16.2. The maximum absolute atomic E-state index is 14.2. The SMILES string of the molecule is CCN1C(=O)c2c(OCc3ccccc3)c(=O)c(C(=O)O)cn2C2CC(F)(F)CC21. The molecule has 0 saturated heterocycles. The summed E-state index contributed by atoms with van der Waals surface area (Å²) in [6.07, 6.45) is -0.0563. The number of ether oxygens (including phenoxy) is 1. The second-order valence-electron chi connectivity index (χ2n) is 7.53. The third-order valence-electron chi connectivity index (χ3n) is 5.67. The lowest BCUT2D eigenvalue weighted by Crippen LogP contribution is -2.50. The first kappa shape index (κ1) is 20.1. The molecule has 1 N–H and O–H groups in total. The summed E-state index contributed by atoms with van der Waals surface area (Å²) in [4.78, 5) is 38.9. The Hall–Kier alpha value is -3.23. The first-order valence-corrected chi connectivity index (χ1v) is 9.61. The number of benzene rings is 1. The first-order chi connectivity index (χ1) is 14.2. The molecule has 1 saturated carbocycles. The van der Waals surface area contributed by atoms with Crippen molar-refractivity contribution in [2.45, 2.75) is 44.4 Å². The van der Waals surface area contributed by atoms with Crippen LogP contribution in [0.4, 0.5) is 8.78 Å². The van der Waals surface area contributed by atoms with E-state index in [2.05, 4.69) is 0 Å². The van der Waals surface area contributed by atoms with Crippen LogP contribution < -0.4 is 10.2 Å². The minimum Gasteiger partial charge on any atom is -0.483 e. The lowest BCUT2D eigenvalue weighted by molar-refractivity contribution is 0.00126. The van der Waals surface area contributed by atoms with E-state index >= 15 is 0 Å². The molecule has 0 spiro atoms. The van der Waals surface area contributed by atoms with Gasteiger partial charge in [-0.3, -0.25) is 9.59 Å². The van der Waals surface area contributed by atoms with Crippen molar-refractivity contribution in [3.63, 3.8) is 0 Å². The number of rotatable bonds is 5. The Bertz CT molecular complexity index is 1070. The number of halogens is 2. The van der Waals surface area contributed by atoms with Crippen molar-refractivity contribution in [1.29, 1.82) is 0 Å². The number of carbonyl (C=O) groups is 2. The molecule has 2 atom stereocenters. The number of hydrogen-bond acceptors (Lipinski definition) is 4. The second-order valence-corrected chi connectivity index (χ2v) is 7.53.